The summed E-state index contributed by atoms with van der Waals surface area (Å²) in [5.41, 5.74) is 0. The standard InChI is InChI=1S/C12H20N4O2/c1-7-5-4-6-10(7)11-13-14-15-16(11)9(3)8(2)12(17)18/h7-10H,4-6H2,1-3H3,(H,17,18). The Balaban J connectivity index is 2.24. The highest BCUT2D eigenvalue weighted by molar-refractivity contribution is 5.70. The average Bonchev–Trinajstić information content (AvgIpc) is 2.94. The predicted octanol–water partition coefficient (Wildman–Crippen LogP) is 1.86. The third kappa shape index (κ3) is 2.23. The lowest BCUT2D eigenvalue weighted by Crippen LogP contribution is -2.25. The van der Waals surface area contributed by atoms with Gasteiger partial charge in [-0.25, -0.2) is 4.68 Å². The summed E-state index contributed by atoms with van der Waals surface area (Å²) in [6.45, 7) is 5.76. The van der Waals surface area contributed by atoms with E-state index in [9.17, 15) is 4.79 Å². The number of tetrazole rings is 1. The molecular weight excluding hydrogens is 232 g/mol. The van der Waals surface area contributed by atoms with Gasteiger partial charge in [0.1, 0.15) is 0 Å². The molecule has 18 heavy (non-hydrogen) atoms. The quantitative estimate of drug-likeness (QED) is 0.884. The lowest BCUT2D eigenvalue weighted by atomic mass is 9.96. The highest BCUT2D eigenvalue weighted by Crippen LogP contribution is 2.38. The van der Waals surface area contributed by atoms with Crippen LogP contribution in [0.25, 0.3) is 0 Å². The maximum atomic E-state index is 11.1. The molecule has 2 rings (SSSR count). The minimum absolute atomic E-state index is 0.222. The van der Waals surface area contributed by atoms with Crippen molar-refractivity contribution >= 4 is 5.97 Å². The summed E-state index contributed by atoms with van der Waals surface area (Å²) in [6, 6.07) is -0.222. The Hall–Kier alpha value is -1.46. The molecule has 1 N–H and O–H groups in total. The maximum absolute atomic E-state index is 11.1. The van der Waals surface area contributed by atoms with Gasteiger partial charge in [0.2, 0.25) is 0 Å². The van der Waals surface area contributed by atoms with Crippen LogP contribution < -0.4 is 0 Å². The Labute approximate surface area is 106 Å². The van der Waals surface area contributed by atoms with Crippen molar-refractivity contribution < 1.29 is 9.90 Å². The van der Waals surface area contributed by atoms with Gasteiger partial charge in [-0.15, -0.1) is 5.10 Å². The lowest BCUT2D eigenvalue weighted by Gasteiger charge is -2.21. The van der Waals surface area contributed by atoms with Crippen molar-refractivity contribution in [3.63, 3.8) is 0 Å². The van der Waals surface area contributed by atoms with Crippen LogP contribution in [0.15, 0.2) is 0 Å². The molecule has 6 heteroatoms. The van der Waals surface area contributed by atoms with Crippen LogP contribution >= 0.6 is 0 Å². The number of hydrogen-bond acceptors (Lipinski definition) is 4. The molecule has 1 fully saturated rings. The summed E-state index contributed by atoms with van der Waals surface area (Å²) in [6.07, 6.45) is 3.48. The zero-order valence-corrected chi connectivity index (χ0v) is 11.1. The number of hydrogen-bond donors (Lipinski definition) is 1. The molecule has 1 aromatic heterocycles. The first-order valence-corrected chi connectivity index (χ1v) is 6.53. The number of carbonyl (C=O) groups is 1. The minimum atomic E-state index is -0.816. The predicted molar refractivity (Wildman–Crippen MR) is 65.1 cm³/mol. The Morgan fingerprint density at radius 1 is 1.44 bits per heavy atom. The maximum Gasteiger partial charge on any atom is 0.308 e. The van der Waals surface area contributed by atoms with Crippen LogP contribution in [0.2, 0.25) is 0 Å². The molecule has 0 aliphatic heterocycles. The third-order valence-electron chi connectivity index (χ3n) is 4.21. The second kappa shape index (κ2) is 5.04. The van der Waals surface area contributed by atoms with E-state index in [0.717, 1.165) is 12.2 Å². The Kier molecular flexibility index (Phi) is 3.63. The molecule has 100 valence electrons. The highest BCUT2D eigenvalue weighted by Gasteiger charge is 2.32. The fourth-order valence-corrected chi connectivity index (χ4v) is 2.68. The third-order valence-corrected chi connectivity index (χ3v) is 4.21. The summed E-state index contributed by atoms with van der Waals surface area (Å²) in [5.74, 6) is 0.471. The Morgan fingerprint density at radius 2 is 2.17 bits per heavy atom. The van der Waals surface area contributed by atoms with E-state index < -0.39 is 11.9 Å². The van der Waals surface area contributed by atoms with Gasteiger partial charge < -0.3 is 5.11 Å². The van der Waals surface area contributed by atoms with E-state index >= 15 is 0 Å². The minimum Gasteiger partial charge on any atom is -0.481 e. The van der Waals surface area contributed by atoms with Gasteiger partial charge in [-0.05, 0) is 43.0 Å². The van der Waals surface area contributed by atoms with Crippen molar-refractivity contribution in [2.45, 2.75) is 52.0 Å². The molecule has 0 aromatic carbocycles. The van der Waals surface area contributed by atoms with Crippen LogP contribution in [0.3, 0.4) is 0 Å². The fraction of sp³-hybridized carbons (Fsp3) is 0.833. The summed E-state index contributed by atoms with van der Waals surface area (Å²) in [5, 5.41) is 20.9. The lowest BCUT2D eigenvalue weighted by molar-refractivity contribution is -0.142. The van der Waals surface area contributed by atoms with E-state index in [1.807, 2.05) is 6.92 Å². The summed E-state index contributed by atoms with van der Waals surface area (Å²) in [7, 11) is 0. The van der Waals surface area contributed by atoms with Crippen molar-refractivity contribution in [3.8, 4) is 0 Å². The molecule has 4 unspecified atom stereocenters. The second-order valence-corrected chi connectivity index (χ2v) is 5.36. The van der Waals surface area contributed by atoms with Gasteiger partial charge in [0.05, 0.1) is 12.0 Å². The molecule has 0 saturated heterocycles. The number of aliphatic carboxylic acids is 1. The van der Waals surface area contributed by atoms with E-state index in [4.69, 9.17) is 5.11 Å². The van der Waals surface area contributed by atoms with E-state index in [-0.39, 0.29) is 6.04 Å². The van der Waals surface area contributed by atoms with Gasteiger partial charge in [-0.1, -0.05) is 13.3 Å². The Morgan fingerprint density at radius 3 is 2.72 bits per heavy atom. The first-order chi connectivity index (χ1) is 8.52. The van der Waals surface area contributed by atoms with Crippen LogP contribution in [-0.4, -0.2) is 31.3 Å². The molecule has 1 aliphatic carbocycles. The van der Waals surface area contributed by atoms with Gasteiger partial charge in [0, 0.05) is 5.92 Å². The largest absolute Gasteiger partial charge is 0.481 e. The normalized spacial score (nSPS) is 27.1. The summed E-state index contributed by atoms with van der Waals surface area (Å²) < 4.78 is 1.70. The molecule has 1 heterocycles. The molecule has 0 amide bonds. The first kappa shape index (κ1) is 13.0. The van der Waals surface area contributed by atoms with Gasteiger partial charge in [-0.3, -0.25) is 4.79 Å². The van der Waals surface area contributed by atoms with Gasteiger partial charge >= 0.3 is 5.97 Å². The topological polar surface area (TPSA) is 80.9 Å². The van der Waals surface area contributed by atoms with Crippen LogP contribution in [0.4, 0.5) is 0 Å². The number of aromatic nitrogens is 4. The Bertz CT molecular complexity index is 431. The zero-order chi connectivity index (χ0) is 13.3. The molecule has 1 aromatic rings. The SMILES string of the molecule is CC1CCCC1c1nnnn1C(C)C(C)C(=O)O. The summed E-state index contributed by atoms with van der Waals surface area (Å²) in [4.78, 5) is 11.1. The number of carboxylic acid groups (broad SMARTS) is 1. The fourth-order valence-electron chi connectivity index (χ4n) is 2.68. The highest BCUT2D eigenvalue weighted by atomic mass is 16.4. The van der Waals surface area contributed by atoms with Crippen molar-refractivity contribution in [2.24, 2.45) is 11.8 Å². The molecular formula is C12H20N4O2. The molecule has 1 aliphatic rings. The van der Waals surface area contributed by atoms with E-state index in [1.165, 1.54) is 12.8 Å². The van der Waals surface area contributed by atoms with Gasteiger partial charge in [0.15, 0.2) is 5.82 Å². The van der Waals surface area contributed by atoms with Crippen molar-refractivity contribution in [1.82, 2.24) is 20.2 Å². The zero-order valence-electron chi connectivity index (χ0n) is 11.1. The van der Waals surface area contributed by atoms with Crippen molar-refractivity contribution in [2.75, 3.05) is 0 Å². The van der Waals surface area contributed by atoms with E-state index in [0.29, 0.717) is 11.8 Å². The number of nitrogens with zero attached hydrogens (tertiary/aromatic N) is 4. The number of carboxylic acids is 1. The number of rotatable bonds is 4. The first-order valence-electron chi connectivity index (χ1n) is 6.53. The average molecular weight is 252 g/mol. The van der Waals surface area contributed by atoms with Crippen LogP contribution in [0.5, 0.6) is 0 Å². The second-order valence-electron chi connectivity index (χ2n) is 5.36. The smallest absolute Gasteiger partial charge is 0.308 e. The van der Waals surface area contributed by atoms with E-state index in [2.05, 4.69) is 22.4 Å². The van der Waals surface area contributed by atoms with Crippen LogP contribution in [-0.2, 0) is 4.79 Å². The molecule has 1 saturated carbocycles. The van der Waals surface area contributed by atoms with Gasteiger partial charge in [-0.2, -0.15) is 0 Å². The van der Waals surface area contributed by atoms with Crippen molar-refractivity contribution in [3.05, 3.63) is 5.82 Å². The monoisotopic (exact) mass is 252 g/mol. The van der Waals surface area contributed by atoms with E-state index in [1.54, 1.807) is 11.6 Å². The molecule has 4 atom stereocenters. The molecule has 0 spiro atoms. The molecule has 0 radical (unpaired) electrons. The summed E-state index contributed by atoms with van der Waals surface area (Å²) >= 11 is 0. The van der Waals surface area contributed by atoms with Crippen molar-refractivity contribution in [1.29, 1.82) is 0 Å². The van der Waals surface area contributed by atoms with Gasteiger partial charge in [0.25, 0.3) is 0 Å². The molecule has 6 nitrogen and oxygen atoms in total. The van der Waals surface area contributed by atoms with Crippen LogP contribution in [0, 0.1) is 11.8 Å². The van der Waals surface area contributed by atoms with Crippen LogP contribution in [0.1, 0.15) is 57.8 Å². The molecule has 0 bridgehead atoms.